The van der Waals surface area contributed by atoms with E-state index in [1.807, 2.05) is 32.9 Å². The van der Waals surface area contributed by atoms with Gasteiger partial charge < -0.3 is 87.3 Å². The summed E-state index contributed by atoms with van der Waals surface area (Å²) >= 11 is 1.13. The Bertz CT molecular complexity index is 4790. The first kappa shape index (κ1) is 95.8. The molecule has 32 nitrogen and oxygen atoms in total. The lowest BCUT2D eigenvalue weighted by Gasteiger charge is -2.37. The Kier molecular flexibility index (Phi) is 36.1. The molecular formula is C90H115N15O17S. The molecule has 658 valence electrons. The molecule has 1 aliphatic heterocycles. The molecule has 12 N–H and O–H groups in total. The van der Waals surface area contributed by atoms with E-state index in [-0.39, 0.29) is 80.3 Å². The summed E-state index contributed by atoms with van der Waals surface area (Å²) in [6.45, 7) is 8.90. The van der Waals surface area contributed by atoms with Gasteiger partial charge in [-0.2, -0.15) is 0 Å². The minimum absolute atomic E-state index is 0.0588. The predicted molar refractivity (Wildman–Crippen MR) is 463 cm³/mol. The summed E-state index contributed by atoms with van der Waals surface area (Å²) in [5.41, 5.74) is 3.94. The molecule has 0 unspecified atom stereocenters. The number of carbonyl (C=O) groups is 14. The zero-order valence-corrected chi connectivity index (χ0v) is 72.2. The first-order chi connectivity index (χ1) is 58.6. The molecular weight excluding hydrogens is 1600 g/mol. The van der Waals surface area contributed by atoms with E-state index in [0.29, 0.717) is 57.1 Å². The number of thioether (sulfide) groups is 1. The van der Waals surface area contributed by atoms with Gasteiger partial charge in [-0.3, -0.25) is 72.1 Å². The quantitative estimate of drug-likeness (QED) is 0.0510. The van der Waals surface area contributed by atoms with Crippen molar-refractivity contribution in [1.29, 1.82) is 0 Å². The number of aromatic amines is 1. The van der Waals surface area contributed by atoms with Gasteiger partial charge in [0.25, 0.3) is 0 Å². The summed E-state index contributed by atoms with van der Waals surface area (Å²) in [5, 5.41) is 53.8. The first-order valence-electron chi connectivity index (χ1n) is 41.1. The molecule has 0 spiro atoms. The van der Waals surface area contributed by atoms with Crippen molar-refractivity contribution in [3.8, 4) is 11.5 Å². The van der Waals surface area contributed by atoms with Gasteiger partial charge in [0, 0.05) is 115 Å². The van der Waals surface area contributed by atoms with E-state index < -0.39 is 175 Å². The van der Waals surface area contributed by atoms with Crippen LogP contribution >= 0.6 is 11.8 Å². The topological polar surface area (TPSA) is 441 Å². The van der Waals surface area contributed by atoms with E-state index in [4.69, 9.17) is 0 Å². The molecule has 2 aromatic heterocycles. The molecule has 11 atom stereocenters. The van der Waals surface area contributed by atoms with Gasteiger partial charge in [0.05, 0.1) is 25.3 Å². The fraction of sp³-hybridized carbons (Fsp3) is 0.433. The van der Waals surface area contributed by atoms with Gasteiger partial charge in [0.1, 0.15) is 71.9 Å². The van der Waals surface area contributed by atoms with Gasteiger partial charge in [0.15, 0.2) is 0 Å². The molecule has 33 heteroatoms. The lowest BCUT2D eigenvalue weighted by Crippen LogP contribution is -2.61. The molecule has 0 bridgehead atoms. The fourth-order valence-corrected chi connectivity index (χ4v) is 15.4. The number of para-hydroxylation sites is 1. The lowest BCUT2D eigenvalue weighted by atomic mass is 9.98. The van der Waals surface area contributed by atoms with Crippen molar-refractivity contribution in [3.05, 3.63) is 198 Å². The number of carboxylic acid groups (broad SMARTS) is 1. The largest absolute Gasteiger partial charge is 0.508 e. The molecule has 13 amide bonds. The number of phenols is 2. The maximum Gasteiger partial charge on any atom is 0.305 e. The number of carboxylic acids is 1. The van der Waals surface area contributed by atoms with Crippen molar-refractivity contribution < 1.29 is 82.4 Å². The molecule has 1 saturated heterocycles. The maximum atomic E-state index is 15.4. The zero-order chi connectivity index (χ0) is 89.7. The third kappa shape index (κ3) is 28.7. The van der Waals surface area contributed by atoms with Crippen LogP contribution in [0.3, 0.4) is 0 Å². The van der Waals surface area contributed by atoms with Crippen LogP contribution in [0.25, 0.3) is 10.9 Å². The number of hydrogen-bond acceptors (Lipinski definition) is 18. The zero-order valence-electron chi connectivity index (χ0n) is 71.3. The maximum absolute atomic E-state index is 15.4. The number of nitrogens with zero attached hydrogens (tertiary/aromatic N) is 6. The minimum Gasteiger partial charge on any atom is -0.508 e. The van der Waals surface area contributed by atoms with E-state index in [2.05, 4.69) is 52.5 Å². The monoisotopic (exact) mass is 1710 g/mol. The molecule has 1 fully saturated rings. The average Bonchev–Trinajstić information content (AvgIpc) is 1.12. The summed E-state index contributed by atoms with van der Waals surface area (Å²) in [5.74, 6) is -13.4. The number of aromatic nitrogens is 2. The smallest absolute Gasteiger partial charge is 0.305 e. The van der Waals surface area contributed by atoms with Gasteiger partial charge in [-0.1, -0.05) is 151 Å². The van der Waals surface area contributed by atoms with Crippen LogP contribution < -0.4 is 42.5 Å². The third-order valence-electron chi connectivity index (χ3n) is 21.4. The highest BCUT2D eigenvalue weighted by molar-refractivity contribution is 8.00. The number of carbonyl (C=O) groups excluding carboxylic acids is 13. The second kappa shape index (κ2) is 46.4. The average molecular weight is 1710 g/mol. The number of amides is 13. The molecule has 1 aliphatic rings. The summed E-state index contributed by atoms with van der Waals surface area (Å²) in [6.07, 6.45) is 3.87. The number of pyridine rings is 1. The van der Waals surface area contributed by atoms with Crippen molar-refractivity contribution >= 4 is 105 Å². The van der Waals surface area contributed by atoms with Crippen molar-refractivity contribution in [3.63, 3.8) is 0 Å². The Balaban J connectivity index is 1.18. The molecule has 0 aliphatic carbocycles. The number of H-pyrrole nitrogens is 1. The third-order valence-corrected chi connectivity index (χ3v) is 22.6. The molecule has 0 radical (unpaired) electrons. The van der Waals surface area contributed by atoms with Crippen LogP contribution in [0.15, 0.2) is 164 Å². The highest BCUT2D eigenvalue weighted by atomic mass is 32.2. The van der Waals surface area contributed by atoms with Gasteiger partial charge in [0.2, 0.25) is 76.8 Å². The normalized spacial score (nSPS) is 22.5. The van der Waals surface area contributed by atoms with E-state index in [0.717, 1.165) is 26.5 Å². The van der Waals surface area contributed by atoms with E-state index in [9.17, 15) is 48.9 Å². The molecule has 8 rings (SSSR count). The first-order valence-corrected chi connectivity index (χ1v) is 42.3. The summed E-state index contributed by atoms with van der Waals surface area (Å²) in [7, 11) is 6.69. The van der Waals surface area contributed by atoms with Gasteiger partial charge >= 0.3 is 5.97 Å². The highest BCUT2D eigenvalue weighted by Gasteiger charge is 2.42. The second-order valence-electron chi connectivity index (χ2n) is 32.1. The number of unbranched alkanes of at least 4 members (excludes halogenated alkanes) is 1. The summed E-state index contributed by atoms with van der Waals surface area (Å²) < 4.78 is 0. The Hall–Kier alpha value is -12.7. The number of benzene rings is 5. The number of phenolic OH excluding ortho intramolecular Hbond substituents is 2. The number of hydrogen-bond donors (Lipinski definition) is 12. The minimum atomic E-state index is -1.88. The van der Waals surface area contributed by atoms with Gasteiger partial charge in [-0.05, 0) is 107 Å². The summed E-state index contributed by atoms with van der Waals surface area (Å²) in [4.78, 5) is 220. The van der Waals surface area contributed by atoms with Gasteiger partial charge in [-0.15, -0.1) is 11.8 Å². The van der Waals surface area contributed by atoms with Crippen LogP contribution in [0.2, 0.25) is 0 Å². The van der Waals surface area contributed by atoms with Crippen molar-refractivity contribution in [1.82, 2.24) is 77.0 Å². The summed E-state index contributed by atoms with van der Waals surface area (Å²) in [6, 6.07) is 24.4. The Morgan fingerprint density at radius 3 is 1.47 bits per heavy atom. The molecule has 5 aromatic carbocycles. The number of likely N-dealkylation sites (N-methyl/N-ethyl adjacent to an activating group) is 5. The molecule has 7 aromatic rings. The van der Waals surface area contributed by atoms with Crippen LogP contribution in [-0.2, 0) is 106 Å². The van der Waals surface area contributed by atoms with Crippen LogP contribution in [0, 0.1) is 11.8 Å². The Morgan fingerprint density at radius 2 is 0.911 bits per heavy atom. The van der Waals surface area contributed by atoms with E-state index >= 15 is 33.6 Å². The predicted octanol–water partition coefficient (Wildman–Crippen LogP) is 4.14. The lowest BCUT2D eigenvalue weighted by molar-refractivity contribution is -0.151. The van der Waals surface area contributed by atoms with Gasteiger partial charge in [-0.25, -0.2) is 0 Å². The van der Waals surface area contributed by atoms with Crippen LogP contribution in [0.1, 0.15) is 107 Å². The van der Waals surface area contributed by atoms with Crippen molar-refractivity contribution in [2.24, 2.45) is 11.8 Å². The molecule has 3 heterocycles. The number of nitrogens with one attached hydrogen (secondary N) is 9. The number of rotatable bonds is 20. The fourth-order valence-electron chi connectivity index (χ4n) is 14.5. The standard InChI is InChI=1S/C90H115N15O17S/c1-12-13-28-73-88(120)102(8)51-77(109)95-70(48-79(111)112)84(116)100-80(55(4)5)90(122)104(10)74(45-57-22-16-14-17-23-57)85(117)99-71(43-60-31-35-64(107)36-32-60)86(118)101(7)50-76(108)94-69(47-62-49-92-66-27-21-20-26-65(62)66)83(115)98-68(42-59-29-33-63(106)34-30-59)82(114)97-67(41-54(2)3)81(113)93-56(6)52-123-53-78(110)96-72(44-61-37-39-91-40-38-61)87(119)105(11)75(89(121)103(73)9)46-58-24-18-15-19-25-58/h14-27,29-40,49,54-56,67-75,80,92,106-107H,12-13,28,41-48,50-53H2,1-11H3,(H,93,113)(H,94,108)(H,95,109)(H,96,110)(H,97,114)(H,98,115)(H,99,117)(H,100,116)(H,111,112)/t56-,67+,68+,69+,70+,71+,72+,73+,74+,75+,80+/m1/s1. The Morgan fingerprint density at radius 1 is 0.455 bits per heavy atom. The van der Waals surface area contributed by atoms with Crippen LogP contribution in [0.4, 0.5) is 0 Å². The number of aliphatic carboxylic acids is 1. The van der Waals surface area contributed by atoms with E-state index in [1.54, 1.807) is 124 Å². The number of aromatic hydroxyl groups is 2. The van der Waals surface area contributed by atoms with Crippen molar-refractivity contribution in [2.75, 3.05) is 59.8 Å². The SMILES string of the molecule is CCCC[C@H]1C(=O)N(C)CC(=O)N[C@@H](CC(=O)O)C(=O)N[C@@H](C(C)C)C(=O)N(C)[C@@H](Cc2ccccc2)C(=O)N[C@@H](Cc2ccc(O)cc2)C(=O)N(C)CC(=O)N[C@@H](Cc2c[nH]c3ccccc23)C(=O)N[C@@H](Cc2ccc(O)cc2)C(=O)N[C@@H](CC(C)C)C(=O)N[C@H](C)CSCC(=O)N[C@@H](Cc2ccncc2)C(=O)N(C)[C@@H](Cc2ccccc2)C(=O)N1C. The van der Waals surface area contributed by atoms with Crippen LogP contribution in [-0.4, -0.2) is 259 Å². The Labute approximate surface area is 720 Å². The number of fused-ring (bicyclic) bond motifs is 1. The molecule has 0 saturated carbocycles. The second-order valence-corrected chi connectivity index (χ2v) is 33.1. The molecule has 123 heavy (non-hydrogen) atoms. The highest BCUT2D eigenvalue weighted by Crippen LogP contribution is 2.24. The van der Waals surface area contributed by atoms with E-state index in [1.165, 1.54) is 93.8 Å². The van der Waals surface area contributed by atoms with Crippen molar-refractivity contribution in [2.45, 2.75) is 179 Å². The van der Waals surface area contributed by atoms with Crippen LogP contribution in [0.5, 0.6) is 11.5 Å².